The molecule has 1 aromatic heterocycles. The second kappa shape index (κ2) is 3.16. The Morgan fingerprint density at radius 1 is 1.36 bits per heavy atom. The van der Waals surface area contributed by atoms with E-state index in [2.05, 4.69) is 4.98 Å². The van der Waals surface area contributed by atoms with Crippen LogP contribution >= 0.6 is 0 Å². The quantitative estimate of drug-likeness (QED) is 0.619. The number of H-pyrrole nitrogens is 1. The first-order valence-electron chi connectivity index (χ1n) is 4.25. The number of phenols is 1. The fraction of sp³-hybridized carbons (Fsp3) is 0.100. The molecular formula is C10H10N2O2. The smallest absolute Gasteiger partial charge is 0.252 e. The fourth-order valence-electron chi connectivity index (χ4n) is 1.39. The number of rotatable bonds is 1. The summed E-state index contributed by atoms with van der Waals surface area (Å²) in [6.45, 7) is 0.214. The summed E-state index contributed by atoms with van der Waals surface area (Å²) in [5, 5.41) is 10.1. The van der Waals surface area contributed by atoms with E-state index in [9.17, 15) is 9.90 Å². The van der Waals surface area contributed by atoms with Crippen LogP contribution in [0.3, 0.4) is 0 Å². The number of phenolic OH excluding ortho intramolecular Hbond substituents is 1. The Morgan fingerprint density at radius 3 is 2.86 bits per heavy atom. The molecule has 0 aliphatic heterocycles. The van der Waals surface area contributed by atoms with Gasteiger partial charge in [0.1, 0.15) is 5.75 Å². The van der Waals surface area contributed by atoms with Crippen LogP contribution in [-0.2, 0) is 6.54 Å². The lowest BCUT2D eigenvalue weighted by atomic mass is 10.1. The van der Waals surface area contributed by atoms with Gasteiger partial charge in [0, 0.05) is 18.2 Å². The highest BCUT2D eigenvalue weighted by molar-refractivity contribution is 5.80. The van der Waals surface area contributed by atoms with Crippen LogP contribution in [0.15, 0.2) is 29.1 Å². The molecule has 0 amide bonds. The van der Waals surface area contributed by atoms with E-state index < -0.39 is 0 Å². The van der Waals surface area contributed by atoms with Crippen molar-refractivity contribution < 1.29 is 5.11 Å². The Kier molecular flexibility index (Phi) is 1.98. The zero-order valence-electron chi connectivity index (χ0n) is 7.45. The van der Waals surface area contributed by atoms with E-state index in [1.165, 1.54) is 6.07 Å². The number of aromatic hydroxyl groups is 1. The van der Waals surface area contributed by atoms with Gasteiger partial charge in [-0.25, -0.2) is 0 Å². The summed E-state index contributed by atoms with van der Waals surface area (Å²) in [6.07, 6.45) is 0. The van der Waals surface area contributed by atoms with Gasteiger partial charge >= 0.3 is 0 Å². The zero-order chi connectivity index (χ0) is 10.1. The maximum absolute atomic E-state index is 11.4. The molecule has 0 fully saturated rings. The van der Waals surface area contributed by atoms with Crippen LogP contribution in [-0.4, -0.2) is 10.1 Å². The molecule has 1 aromatic carbocycles. The molecule has 1 heterocycles. The van der Waals surface area contributed by atoms with Gasteiger partial charge in [0.05, 0.1) is 5.52 Å². The molecular weight excluding hydrogens is 180 g/mol. The third kappa shape index (κ3) is 1.36. The van der Waals surface area contributed by atoms with Crippen molar-refractivity contribution >= 4 is 10.9 Å². The van der Waals surface area contributed by atoms with Crippen LogP contribution in [0.2, 0.25) is 0 Å². The first-order chi connectivity index (χ1) is 6.70. The molecule has 0 aliphatic carbocycles. The van der Waals surface area contributed by atoms with Gasteiger partial charge in [0.2, 0.25) is 0 Å². The van der Waals surface area contributed by atoms with Crippen molar-refractivity contribution in [1.82, 2.24) is 4.98 Å². The topological polar surface area (TPSA) is 79.1 Å². The first-order valence-corrected chi connectivity index (χ1v) is 4.25. The summed E-state index contributed by atoms with van der Waals surface area (Å²) in [6, 6.07) is 6.55. The van der Waals surface area contributed by atoms with Crippen molar-refractivity contribution in [2.75, 3.05) is 0 Å². The van der Waals surface area contributed by atoms with Crippen molar-refractivity contribution in [3.63, 3.8) is 0 Å². The summed E-state index contributed by atoms with van der Waals surface area (Å²) in [5.41, 5.74) is 6.36. The van der Waals surface area contributed by atoms with E-state index in [1.54, 1.807) is 18.2 Å². The monoisotopic (exact) mass is 190 g/mol. The number of hydrogen-bond donors (Lipinski definition) is 3. The Morgan fingerprint density at radius 2 is 2.14 bits per heavy atom. The minimum absolute atomic E-state index is 0.133. The minimum atomic E-state index is -0.203. The van der Waals surface area contributed by atoms with Crippen molar-refractivity contribution in [3.8, 4) is 5.75 Å². The molecule has 0 saturated carbocycles. The third-order valence-electron chi connectivity index (χ3n) is 2.13. The van der Waals surface area contributed by atoms with Crippen LogP contribution in [0.5, 0.6) is 5.75 Å². The summed E-state index contributed by atoms with van der Waals surface area (Å²) in [4.78, 5) is 14.0. The molecule has 4 heteroatoms. The van der Waals surface area contributed by atoms with Crippen LogP contribution in [0, 0.1) is 0 Å². The van der Waals surface area contributed by atoms with Crippen LogP contribution in [0.1, 0.15) is 5.56 Å². The van der Waals surface area contributed by atoms with E-state index in [4.69, 9.17) is 5.73 Å². The lowest BCUT2D eigenvalue weighted by Gasteiger charge is -2.01. The molecule has 14 heavy (non-hydrogen) atoms. The molecule has 0 bridgehead atoms. The standard InChI is InChI=1S/C10H10N2O2/c11-5-7-3-6-1-2-8(13)4-9(6)12-10(7)14/h1-4,13H,5,11H2,(H,12,14). The molecule has 0 atom stereocenters. The van der Waals surface area contributed by atoms with Gasteiger partial charge in [-0.15, -0.1) is 0 Å². The number of nitrogens with two attached hydrogens (primary N) is 1. The molecule has 0 saturated heterocycles. The highest BCUT2D eigenvalue weighted by Crippen LogP contribution is 2.16. The normalized spacial score (nSPS) is 10.6. The van der Waals surface area contributed by atoms with Crippen molar-refractivity contribution in [2.45, 2.75) is 6.54 Å². The van der Waals surface area contributed by atoms with Crippen LogP contribution in [0.4, 0.5) is 0 Å². The minimum Gasteiger partial charge on any atom is -0.508 e. The summed E-state index contributed by atoms with van der Waals surface area (Å²) < 4.78 is 0. The number of aromatic amines is 1. The molecule has 0 aliphatic rings. The number of nitrogens with one attached hydrogen (secondary N) is 1. The number of benzene rings is 1. The van der Waals surface area contributed by atoms with Crippen molar-refractivity contribution in [3.05, 3.63) is 40.2 Å². The maximum Gasteiger partial charge on any atom is 0.252 e. The average Bonchev–Trinajstić information content (AvgIpc) is 2.16. The number of aromatic nitrogens is 1. The average molecular weight is 190 g/mol. The predicted octanol–water partition coefficient (Wildman–Crippen LogP) is 0.692. The van der Waals surface area contributed by atoms with Crippen molar-refractivity contribution in [1.29, 1.82) is 0 Å². The Balaban J connectivity index is 2.79. The van der Waals surface area contributed by atoms with E-state index in [-0.39, 0.29) is 17.9 Å². The Hall–Kier alpha value is -1.81. The number of pyridine rings is 1. The molecule has 0 spiro atoms. The summed E-state index contributed by atoms with van der Waals surface area (Å²) >= 11 is 0. The van der Waals surface area contributed by atoms with Crippen molar-refractivity contribution in [2.24, 2.45) is 5.73 Å². The zero-order valence-corrected chi connectivity index (χ0v) is 7.45. The predicted molar refractivity (Wildman–Crippen MR) is 54.1 cm³/mol. The summed E-state index contributed by atoms with van der Waals surface area (Å²) in [5.74, 6) is 0.133. The van der Waals surface area contributed by atoms with Gasteiger partial charge in [0.15, 0.2) is 0 Å². The fourth-order valence-corrected chi connectivity index (χ4v) is 1.39. The molecule has 4 nitrogen and oxygen atoms in total. The summed E-state index contributed by atoms with van der Waals surface area (Å²) in [7, 11) is 0. The lowest BCUT2D eigenvalue weighted by molar-refractivity contribution is 0.476. The second-order valence-corrected chi connectivity index (χ2v) is 3.10. The lowest BCUT2D eigenvalue weighted by Crippen LogP contribution is -2.15. The highest BCUT2D eigenvalue weighted by Gasteiger charge is 2.01. The maximum atomic E-state index is 11.4. The number of hydrogen-bond acceptors (Lipinski definition) is 3. The molecule has 2 rings (SSSR count). The Bertz CT molecular complexity index is 531. The van der Waals surface area contributed by atoms with Gasteiger partial charge in [-0.3, -0.25) is 4.79 Å². The highest BCUT2D eigenvalue weighted by atomic mass is 16.3. The second-order valence-electron chi connectivity index (χ2n) is 3.10. The van der Waals surface area contributed by atoms with Gasteiger partial charge in [-0.05, 0) is 23.6 Å². The van der Waals surface area contributed by atoms with Gasteiger partial charge in [-0.1, -0.05) is 0 Å². The van der Waals surface area contributed by atoms with Gasteiger partial charge in [0.25, 0.3) is 5.56 Å². The van der Waals surface area contributed by atoms with Crippen LogP contribution < -0.4 is 11.3 Å². The SMILES string of the molecule is NCc1cc2ccc(O)cc2[nH]c1=O. The van der Waals surface area contributed by atoms with E-state index in [0.29, 0.717) is 11.1 Å². The molecule has 4 N–H and O–H groups in total. The van der Waals surface area contributed by atoms with Gasteiger partial charge < -0.3 is 15.8 Å². The van der Waals surface area contributed by atoms with E-state index in [0.717, 1.165) is 5.39 Å². The molecule has 72 valence electrons. The molecule has 2 aromatic rings. The first kappa shape index (κ1) is 8.77. The largest absolute Gasteiger partial charge is 0.508 e. The van der Waals surface area contributed by atoms with E-state index >= 15 is 0 Å². The number of fused-ring (bicyclic) bond motifs is 1. The molecule has 0 radical (unpaired) electrons. The molecule has 0 unspecified atom stereocenters. The Labute approximate surface area is 80.0 Å². The van der Waals surface area contributed by atoms with Crippen LogP contribution in [0.25, 0.3) is 10.9 Å². The third-order valence-corrected chi connectivity index (χ3v) is 2.13. The van der Waals surface area contributed by atoms with Gasteiger partial charge in [-0.2, -0.15) is 0 Å². The van der Waals surface area contributed by atoms with E-state index in [1.807, 2.05) is 0 Å².